The first-order valence-corrected chi connectivity index (χ1v) is 17.6. The number of rotatable bonds is 5. The summed E-state index contributed by atoms with van der Waals surface area (Å²) in [4.78, 5) is 15.5. The van der Waals surface area contributed by atoms with E-state index >= 15 is 0 Å². The Bertz CT molecular complexity index is 2920. The predicted octanol–water partition coefficient (Wildman–Crippen LogP) is 12.8. The molecule has 0 radical (unpaired) electrons. The minimum Gasteiger partial charge on any atom is -0.247 e. The largest absolute Gasteiger partial charge is 0.247 e. The summed E-state index contributed by atoms with van der Waals surface area (Å²) >= 11 is 0. The molecule has 0 spiro atoms. The highest BCUT2D eigenvalue weighted by atomic mass is 14.8. The van der Waals surface area contributed by atoms with E-state index in [1.54, 1.807) is 0 Å². The van der Waals surface area contributed by atoms with E-state index in [0.29, 0.717) is 0 Å². The molecule has 0 aliphatic rings. The van der Waals surface area contributed by atoms with Crippen molar-refractivity contribution >= 4 is 43.5 Å². The zero-order valence-corrected chi connectivity index (χ0v) is 28.2. The Balaban J connectivity index is 1.08. The number of nitrogens with zero attached hydrogens (tertiary/aromatic N) is 3. The number of hydrogen-bond acceptors (Lipinski definition) is 3. The minimum atomic E-state index is 0.912. The number of aromatic nitrogens is 3. The second kappa shape index (κ2) is 12.4. The van der Waals surface area contributed by atoms with E-state index in [1.165, 1.54) is 16.5 Å². The van der Waals surface area contributed by atoms with Crippen LogP contribution in [0.15, 0.2) is 188 Å². The van der Waals surface area contributed by atoms with Gasteiger partial charge in [0.1, 0.15) is 0 Å². The Morgan fingerprint density at radius 2 is 0.827 bits per heavy atom. The standard InChI is InChI=1S/C49H31N3/c1-4-11-33(12-5-1)40-17-10-18-41-46(40)42-31-39(27-30-45(42)52-47(41)36-15-8-3-9-16-36)32-19-21-35(22-20-32)44-29-26-38-24-23-37-25-28-43(34-13-6-2-7-14-34)50-48(37)49(38)51-44/h1-31H. The third-order valence-electron chi connectivity index (χ3n) is 10.1. The molecule has 0 N–H and O–H groups in total. The van der Waals surface area contributed by atoms with Crippen LogP contribution in [-0.2, 0) is 0 Å². The van der Waals surface area contributed by atoms with Crippen molar-refractivity contribution in [2.24, 2.45) is 0 Å². The molecule has 3 heteroatoms. The van der Waals surface area contributed by atoms with Crippen molar-refractivity contribution in [1.29, 1.82) is 0 Å². The first-order valence-electron chi connectivity index (χ1n) is 17.6. The Labute approximate surface area is 301 Å². The van der Waals surface area contributed by atoms with E-state index in [0.717, 1.165) is 83.0 Å². The van der Waals surface area contributed by atoms with Crippen LogP contribution >= 0.6 is 0 Å². The van der Waals surface area contributed by atoms with Crippen molar-refractivity contribution in [1.82, 2.24) is 15.0 Å². The highest BCUT2D eigenvalue weighted by Crippen LogP contribution is 2.40. The summed E-state index contributed by atoms with van der Waals surface area (Å²) in [6.07, 6.45) is 0. The van der Waals surface area contributed by atoms with Crippen LogP contribution in [0.2, 0.25) is 0 Å². The van der Waals surface area contributed by atoms with Crippen LogP contribution in [0.25, 0.3) is 99.5 Å². The van der Waals surface area contributed by atoms with Crippen molar-refractivity contribution in [3.63, 3.8) is 0 Å². The van der Waals surface area contributed by atoms with Crippen LogP contribution in [0, 0.1) is 0 Å². The average Bonchev–Trinajstić information content (AvgIpc) is 3.23. The van der Waals surface area contributed by atoms with Crippen LogP contribution in [0.1, 0.15) is 0 Å². The average molecular weight is 662 g/mol. The zero-order chi connectivity index (χ0) is 34.4. The fourth-order valence-electron chi connectivity index (χ4n) is 7.44. The summed E-state index contributed by atoms with van der Waals surface area (Å²) < 4.78 is 0. The van der Waals surface area contributed by atoms with Gasteiger partial charge in [0.15, 0.2) is 0 Å². The lowest BCUT2D eigenvalue weighted by Crippen LogP contribution is -1.93. The van der Waals surface area contributed by atoms with Crippen molar-refractivity contribution < 1.29 is 0 Å². The van der Waals surface area contributed by atoms with Gasteiger partial charge in [-0.2, -0.15) is 0 Å². The van der Waals surface area contributed by atoms with Crippen molar-refractivity contribution in [2.75, 3.05) is 0 Å². The van der Waals surface area contributed by atoms with E-state index in [1.807, 2.05) is 18.2 Å². The fraction of sp³-hybridized carbons (Fsp3) is 0. The summed E-state index contributed by atoms with van der Waals surface area (Å²) in [6, 6.07) is 66.2. The van der Waals surface area contributed by atoms with Crippen LogP contribution in [-0.4, -0.2) is 15.0 Å². The van der Waals surface area contributed by atoms with Crippen LogP contribution in [0.5, 0.6) is 0 Å². The SMILES string of the molecule is c1ccc(-c2ccc3ccc4ccc(-c5ccc(-c6ccc7nc(-c8ccccc8)c8cccc(-c9ccccc9)c8c7c6)cc5)nc4c3n2)cc1. The minimum absolute atomic E-state index is 0.912. The van der Waals surface area contributed by atoms with Gasteiger partial charge in [-0.25, -0.2) is 15.0 Å². The normalized spacial score (nSPS) is 11.5. The second-order valence-electron chi connectivity index (χ2n) is 13.2. The molecule has 0 saturated carbocycles. The molecule has 3 nitrogen and oxygen atoms in total. The number of hydrogen-bond donors (Lipinski definition) is 0. The van der Waals surface area contributed by atoms with Crippen molar-refractivity contribution in [2.45, 2.75) is 0 Å². The molecule has 0 unspecified atom stereocenters. The molecular weight excluding hydrogens is 631 g/mol. The summed E-state index contributed by atoms with van der Waals surface area (Å²) in [5, 5.41) is 5.66. The third-order valence-corrected chi connectivity index (χ3v) is 10.1. The summed E-state index contributed by atoms with van der Waals surface area (Å²) in [7, 11) is 0. The van der Waals surface area contributed by atoms with Gasteiger partial charge in [-0.1, -0.05) is 164 Å². The summed E-state index contributed by atoms with van der Waals surface area (Å²) in [5.41, 5.74) is 13.6. The Kier molecular flexibility index (Phi) is 7.14. The highest BCUT2D eigenvalue weighted by Gasteiger charge is 2.16. The Morgan fingerprint density at radius 1 is 0.308 bits per heavy atom. The van der Waals surface area contributed by atoms with E-state index in [2.05, 4.69) is 170 Å². The van der Waals surface area contributed by atoms with Gasteiger partial charge < -0.3 is 0 Å². The van der Waals surface area contributed by atoms with Crippen LogP contribution in [0.3, 0.4) is 0 Å². The molecule has 0 aliphatic heterocycles. The molecule has 242 valence electrons. The molecule has 3 heterocycles. The molecule has 7 aromatic carbocycles. The molecule has 0 aliphatic carbocycles. The molecule has 0 amide bonds. The van der Waals surface area contributed by atoms with Crippen molar-refractivity contribution in [3.8, 4) is 56.0 Å². The molecule has 3 aromatic heterocycles. The molecule has 0 bridgehead atoms. The maximum absolute atomic E-state index is 5.25. The molecule has 0 fully saturated rings. The second-order valence-corrected chi connectivity index (χ2v) is 13.2. The Hall–Kier alpha value is -6.97. The zero-order valence-electron chi connectivity index (χ0n) is 28.2. The maximum atomic E-state index is 5.25. The number of benzene rings is 7. The lowest BCUT2D eigenvalue weighted by molar-refractivity contribution is 1.36. The fourth-order valence-corrected chi connectivity index (χ4v) is 7.44. The third kappa shape index (κ3) is 5.19. The van der Waals surface area contributed by atoms with Gasteiger partial charge in [0, 0.05) is 43.6 Å². The van der Waals surface area contributed by atoms with Gasteiger partial charge in [-0.3, -0.25) is 0 Å². The van der Waals surface area contributed by atoms with Crippen molar-refractivity contribution in [3.05, 3.63) is 188 Å². The van der Waals surface area contributed by atoms with Crippen LogP contribution in [0.4, 0.5) is 0 Å². The van der Waals surface area contributed by atoms with Gasteiger partial charge >= 0.3 is 0 Å². The van der Waals surface area contributed by atoms with E-state index < -0.39 is 0 Å². The number of fused-ring (bicyclic) bond motifs is 6. The molecule has 0 saturated heterocycles. The van der Waals surface area contributed by atoms with E-state index in [9.17, 15) is 0 Å². The van der Waals surface area contributed by atoms with Gasteiger partial charge in [0.05, 0.1) is 33.6 Å². The van der Waals surface area contributed by atoms with Gasteiger partial charge in [0.2, 0.25) is 0 Å². The monoisotopic (exact) mass is 661 g/mol. The summed E-state index contributed by atoms with van der Waals surface area (Å²) in [5.74, 6) is 0. The smallest absolute Gasteiger partial charge is 0.0972 e. The first-order chi connectivity index (χ1) is 25.8. The molecule has 10 rings (SSSR count). The number of pyridine rings is 3. The quantitative estimate of drug-likeness (QED) is 0.172. The topological polar surface area (TPSA) is 38.7 Å². The first kappa shape index (κ1) is 29.9. The van der Waals surface area contributed by atoms with E-state index in [-0.39, 0.29) is 0 Å². The molecule has 10 aromatic rings. The van der Waals surface area contributed by atoms with Gasteiger partial charge in [0.25, 0.3) is 0 Å². The molecular formula is C49H31N3. The lowest BCUT2D eigenvalue weighted by atomic mass is 9.91. The van der Waals surface area contributed by atoms with Gasteiger partial charge in [-0.05, 0) is 46.5 Å². The highest BCUT2D eigenvalue weighted by molar-refractivity contribution is 6.17. The Morgan fingerprint density at radius 3 is 1.46 bits per heavy atom. The molecule has 0 atom stereocenters. The lowest BCUT2D eigenvalue weighted by Gasteiger charge is -2.15. The van der Waals surface area contributed by atoms with E-state index in [4.69, 9.17) is 15.0 Å². The summed E-state index contributed by atoms with van der Waals surface area (Å²) in [6.45, 7) is 0. The van der Waals surface area contributed by atoms with Gasteiger partial charge in [-0.15, -0.1) is 0 Å². The maximum Gasteiger partial charge on any atom is 0.0972 e. The predicted molar refractivity (Wildman–Crippen MR) is 217 cm³/mol. The molecule has 52 heavy (non-hydrogen) atoms. The van der Waals surface area contributed by atoms with Crippen LogP contribution < -0.4 is 0 Å².